The maximum atomic E-state index is 11.4. The molecule has 174 valence electrons. The van der Waals surface area contributed by atoms with Gasteiger partial charge in [-0.2, -0.15) is 13.0 Å². The molecule has 0 aliphatic carbocycles. The average molecular weight is 492 g/mol. The second-order valence-electron chi connectivity index (χ2n) is 8.52. The van der Waals surface area contributed by atoms with Gasteiger partial charge >= 0.3 is 0 Å². The summed E-state index contributed by atoms with van der Waals surface area (Å²) in [4.78, 5) is 3.38. The lowest BCUT2D eigenvalue weighted by molar-refractivity contribution is -0.669. The molecule has 34 heavy (non-hydrogen) atoms. The fourth-order valence-electron chi connectivity index (χ4n) is 4.76. The van der Waals surface area contributed by atoms with Crippen LogP contribution in [0.4, 0.5) is 5.69 Å². The van der Waals surface area contributed by atoms with Crippen LogP contribution in [-0.4, -0.2) is 25.3 Å². The molecule has 0 bridgehead atoms. The smallest absolute Gasteiger partial charge is 0.264 e. The highest BCUT2D eigenvalue weighted by Gasteiger charge is 2.29. The number of nitrogens with zero attached hydrogens (tertiary/aromatic N) is 2. The molecule has 4 aromatic rings. The third-order valence-electron chi connectivity index (χ3n) is 6.28. The Hall–Kier alpha value is -2.87. The van der Waals surface area contributed by atoms with E-state index in [1.807, 2.05) is 18.2 Å². The van der Waals surface area contributed by atoms with E-state index in [1.54, 1.807) is 11.8 Å². The van der Waals surface area contributed by atoms with Gasteiger partial charge in [0.2, 0.25) is 11.2 Å². The van der Waals surface area contributed by atoms with Gasteiger partial charge in [-0.1, -0.05) is 48.2 Å². The number of para-hydroxylation sites is 1. The van der Waals surface area contributed by atoms with Crippen molar-refractivity contribution in [1.29, 1.82) is 0 Å². The third-order valence-corrected chi connectivity index (χ3v) is 8.17. The molecular weight excluding hydrogens is 464 g/mol. The summed E-state index contributed by atoms with van der Waals surface area (Å²) in [6.45, 7) is 5.61. The van der Waals surface area contributed by atoms with Crippen molar-refractivity contribution in [3.8, 4) is 0 Å². The fraction of sp³-hybridized carbons (Fsp3) is 0.222. The first-order valence-electron chi connectivity index (χ1n) is 11.4. The lowest BCUT2D eigenvalue weighted by Gasteiger charge is -2.22. The molecule has 0 atom stereocenters. The van der Waals surface area contributed by atoms with Crippen LogP contribution in [-0.2, 0) is 16.7 Å². The van der Waals surface area contributed by atoms with Crippen molar-refractivity contribution in [1.82, 2.24) is 0 Å². The second kappa shape index (κ2) is 9.06. The predicted octanol–water partition coefficient (Wildman–Crippen LogP) is 5.80. The van der Waals surface area contributed by atoms with Gasteiger partial charge in [0, 0.05) is 40.4 Å². The second-order valence-corrected chi connectivity index (χ2v) is 11.2. The van der Waals surface area contributed by atoms with Crippen LogP contribution in [0, 0.1) is 6.92 Å². The Labute approximate surface area is 204 Å². The first-order chi connectivity index (χ1) is 16.4. The number of benzene rings is 3. The Morgan fingerprint density at radius 2 is 1.76 bits per heavy atom. The minimum atomic E-state index is -4.01. The highest BCUT2D eigenvalue weighted by Crippen LogP contribution is 2.50. The first-order valence-corrected chi connectivity index (χ1v) is 13.8. The van der Waals surface area contributed by atoms with Crippen molar-refractivity contribution in [3.05, 3.63) is 83.0 Å². The molecule has 5 rings (SSSR count). The molecule has 5 nitrogen and oxygen atoms in total. The van der Waals surface area contributed by atoms with Crippen molar-refractivity contribution in [2.45, 2.75) is 31.7 Å². The normalized spacial score (nSPS) is 14.9. The van der Waals surface area contributed by atoms with Crippen LogP contribution >= 0.6 is 11.8 Å². The average Bonchev–Trinajstić information content (AvgIpc) is 3.15. The highest BCUT2D eigenvalue weighted by molar-refractivity contribution is 8.04. The van der Waals surface area contributed by atoms with E-state index in [2.05, 4.69) is 77.9 Å². The molecule has 0 fully saturated rings. The van der Waals surface area contributed by atoms with Gasteiger partial charge in [-0.15, -0.1) is 0 Å². The monoisotopic (exact) mass is 491 g/mol. The van der Waals surface area contributed by atoms with Crippen molar-refractivity contribution >= 4 is 55.3 Å². The molecule has 3 aromatic carbocycles. The minimum absolute atomic E-state index is 0.258. The number of aryl methyl sites for hydroxylation is 2. The Morgan fingerprint density at radius 1 is 1.03 bits per heavy atom. The Morgan fingerprint density at radius 3 is 2.53 bits per heavy atom. The summed E-state index contributed by atoms with van der Waals surface area (Å²) in [6, 6.07) is 23.2. The molecular formula is C27H27N2O3S2+. The summed E-state index contributed by atoms with van der Waals surface area (Å²) in [5, 5.41) is 4.60. The molecule has 0 amide bonds. The lowest BCUT2D eigenvalue weighted by Crippen LogP contribution is -2.37. The molecule has 0 spiro atoms. The fourth-order valence-corrected chi connectivity index (χ4v) is 6.51. The van der Waals surface area contributed by atoms with Crippen LogP contribution in [0.1, 0.15) is 24.6 Å². The minimum Gasteiger partial charge on any atom is -0.334 e. The lowest BCUT2D eigenvalue weighted by atomic mass is 10.0. The van der Waals surface area contributed by atoms with Gasteiger partial charge in [0.25, 0.3) is 10.1 Å². The van der Waals surface area contributed by atoms with Gasteiger partial charge in [-0.3, -0.25) is 4.55 Å². The number of anilines is 1. The number of fused-ring (bicyclic) bond motifs is 4. The summed E-state index contributed by atoms with van der Waals surface area (Å²) in [5.41, 5.74) is 4.60. The quantitative estimate of drug-likeness (QED) is 0.273. The Balaban J connectivity index is 1.64. The molecule has 1 aliphatic heterocycles. The number of aromatic nitrogens is 1. The first kappa shape index (κ1) is 22.9. The zero-order valence-electron chi connectivity index (χ0n) is 19.2. The number of rotatable bonds is 6. The van der Waals surface area contributed by atoms with E-state index in [1.165, 1.54) is 21.9 Å². The summed E-state index contributed by atoms with van der Waals surface area (Å²) < 4.78 is 34.4. The number of hydrogen-bond donors (Lipinski definition) is 1. The molecule has 2 heterocycles. The number of pyridine rings is 1. The van der Waals surface area contributed by atoms with E-state index in [9.17, 15) is 13.0 Å². The molecule has 1 N–H and O–H groups in total. The van der Waals surface area contributed by atoms with Crippen molar-refractivity contribution in [3.63, 3.8) is 0 Å². The topological polar surface area (TPSA) is 61.5 Å². The van der Waals surface area contributed by atoms with Crippen molar-refractivity contribution in [2.75, 3.05) is 17.2 Å². The molecule has 0 radical (unpaired) electrons. The number of thioether (sulfide) groups is 1. The molecule has 7 heteroatoms. The standard InChI is InChI=1S/C27H26N2O3S2/c1-3-28-21(14-13-20-9-4-7-12-24(20)28)18-26-29(15-8-16-34(30,31)32)27-23-11-6-5-10-22(23)19(2)17-25(27)33-26/h4-7,9-14,17-18H,3,8,15-16H2,1-2H3/p+1. The van der Waals surface area contributed by atoms with E-state index in [0.29, 0.717) is 13.0 Å². The largest absolute Gasteiger partial charge is 0.334 e. The van der Waals surface area contributed by atoms with Crippen LogP contribution in [0.5, 0.6) is 0 Å². The van der Waals surface area contributed by atoms with Crippen LogP contribution in [0.15, 0.2) is 76.7 Å². The van der Waals surface area contributed by atoms with Crippen LogP contribution < -0.4 is 9.47 Å². The van der Waals surface area contributed by atoms with Crippen LogP contribution in [0.3, 0.4) is 0 Å². The maximum absolute atomic E-state index is 11.4. The zero-order chi connectivity index (χ0) is 23.9. The van der Waals surface area contributed by atoms with E-state index in [0.717, 1.165) is 33.2 Å². The van der Waals surface area contributed by atoms with Gasteiger partial charge in [0.05, 0.1) is 16.5 Å². The molecule has 1 aromatic heterocycles. The van der Waals surface area contributed by atoms with Gasteiger partial charge in [0.15, 0.2) is 0 Å². The van der Waals surface area contributed by atoms with Gasteiger partial charge < -0.3 is 4.90 Å². The van der Waals surface area contributed by atoms with E-state index < -0.39 is 10.1 Å². The third kappa shape index (κ3) is 4.31. The van der Waals surface area contributed by atoms with Crippen LogP contribution in [0.2, 0.25) is 0 Å². The molecule has 0 saturated heterocycles. The zero-order valence-corrected chi connectivity index (χ0v) is 20.9. The van der Waals surface area contributed by atoms with E-state index in [-0.39, 0.29) is 5.75 Å². The van der Waals surface area contributed by atoms with Gasteiger partial charge in [0.1, 0.15) is 6.54 Å². The molecule has 0 unspecified atom stereocenters. The Kier molecular flexibility index (Phi) is 6.10. The predicted molar refractivity (Wildman–Crippen MR) is 141 cm³/mol. The SMILES string of the molecule is CC[n+]1c(/C=C2\Sc3cc(C)c4ccccc4c3N2CCCS(=O)(=O)O)ccc2ccccc21. The summed E-state index contributed by atoms with van der Waals surface area (Å²) >= 11 is 1.71. The maximum Gasteiger partial charge on any atom is 0.264 e. The van der Waals surface area contributed by atoms with Crippen molar-refractivity contribution in [2.24, 2.45) is 0 Å². The molecule has 0 saturated carbocycles. The van der Waals surface area contributed by atoms with E-state index >= 15 is 0 Å². The highest BCUT2D eigenvalue weighted by atomic mass is 32.2. The Bertz CT molecular complexity index is 1540. The van der Waals surface area contributed by atoms with Crippen LogP contribution in [0.25, 0.3) is 27.8 Å². The molecule has 1 aliphatic rings. The van der Waals surface area contributed by atoms with Gasteiger partial charge in [-0.25, -0.2) is 0 Å². The number of hydrogen-bond acceptors (Lipinski definition) is 4. The summed E-state index contributed by atoms with van der Waals surface area (Å²) in [5.74, 6) is -0.258. The summed E-state index contributed by atoms with van der Waals surface area (Å²) in [7, 11) is -4.01. The summed E-state index contributed by atoms with van der Waals surface area (Å²) in [6.07, 6.45) is 2.53. The van der Waals surface area contributed by atoms with Crippen molar-refractivity contribution < 1.29 is 17.5 Å². The van der Waals surface area contributed by atoms with Gasteiger partial charge in [-0.05, 0) is 49.4 Å². The van der Waals surface area contributed by atoms with E-state index in [4.69, 9.17) is 0 Å².